The Morgan fingerprint density at radius 2 is 1.07 bits per heavy atom. The van der Waals surface area contributed by atoms with Gasteiger partial charge in [0.2, 0.25) is 0 Å². The number of hydrogen-bond donors (Lipinski definition) is 4. The molecular formula is C45H76O10. The number of esters is 2. The first-order valence-electron chi connectivity index (χ1n) is 21.4. The third-order valence-corrected chi connectivity index (χ3v) is 9.39. The molecule has 1 aliphatic rings. The van der Waals surface area contributed by atoms with Gasteiger partial charge in [-0.15, -0.1) is 0 Å². The molecule has 4 N–H and O–H groups in total. The summed E-state index contributed by atoms with van der Waals surface area (Å²) in [6.45, 7) is 3.23. The van der Waals surface area contributed by atoms with Gasteiger partial charge in [-0.3, -0.25) is 9.59 Å². The van der Waals surface area contributed by atoms with Crippen molar-refractivity contribution in [3.8, 4) is 0 Å². The third kappa shape index (κ3) is 27.6. The fourth-order valence-corrected chi connectivity index (χ4v) is 6.00. The summed E-state index contributed by atoms with van der Waals surface area (Å²) in [6, 6.07) is 0. The fourth-order valence-electron chi connectivity index (χ4n) is 6.00. The van der Waals surface area contributed by atoms with Gasteiger partial charge < -0.3 is 39.4 Å². The van der Waals surface area contributed by atoms with E-state index in [1.54, 1.807) is 0 Å². The van der Waals surface area contributed by atoms with Crippen LogP contribution in [0, 0.1) is 0 Å². The Bertz CT molecular complexity index is 1080. The highest BCUT2D eigenvalue weighted by Gasteiger charge is 2.44. The Kier molecular flexibility index (Phi) is 32.8. The zero-order valence-electron chi connectivity index (χ0n) is 34.2. The quantitative estimate of drug-likeness (QED) is 0.0284. The molecule has 10 nitrogen and oxygen atoms in total. The molecule has 0 radical (unpaired) electrons. The molecular weight excluding hydrogens is 700 g/mol. The molecule has 55 heavy (non-hydrogen) atoms. The minimum Gasteiger partial charge on any atom is -0.462 e. The van der Waals surface area contributed by atoms with Crippen molar-refractivity contribution in [3.05, 3.63) is 60.8 Å². The van der Waals surface area contributed by atoms with Gasteiger partial charge in [0.15, 0.2) is 12.4 Å². The van der Waals surface area contributed by atoms with Gasteiger partial charge in [-0.25, -0.2) is 0 Å². The van der Waals surface area contributed by atoms with Crippen molar-refractivity contribution in [3.63, 3.8) is 0 Å². The molecule has 0 amide bonds. The lowest BCUT2D eigenvalue weighted by Crippen LogP contribution is -2.59. The molecule has 316 valence electrons. The number of unbranched alkanes of at least 4 members (excludes halogenated alkanes) is 13. The summed E-state index contributed by atoms with van der Waals surface area (Å²) >= 11 is 0. The first-order valence-corrected chi connectivity index (χ1v) is 21.4. The zero-order valence-corrected chi connectivity index (χ0v) is 34.2. The van der Waals surface area contributed by atoms with Crippen molar-refractivity contribution in [2.45, 2.75) is 192 Å². The molecule has 1 unspecified atom stereocenters. The molecule has 1 saturated heterocycles. The Balaban J connectivity index is 2.38. The maximum absolute atomic E-state index is 12.7. The lowest BCUT2D eigenvalue weighted by atomic mass is 9.99. The number of aliphatic hydroxyl groups excluding tert-OH is 4. The summed E-state index contributed by atoms with van der Waals surface area (Å²) < 4.78 is 22.1. The van der Waals surface area contributed by atoms with E-state index < -0.39 is 55.4 Å². The van der Waals surface area contributed by atoms with Gasteiger partial charge in [0.25, 0.3) is 0 Å². The molecule has 1 rings (SSSR count). The standard InChI is InChI=1S/C45H76O10/c1-3-5-7-9-11-13-15-17-19-21-23-25-27-29-31-33-40(47)52-36-38(37-53-45-44(51)43(50)42(49)39(35-46)55-45)54-41(48)34-32-30-28-26-24-22-20-18-16-14-12-10-8-6-4-2/h5,7,11-14,17-20,38-39,42-46,49-51H,3-4,6,8-10,15-16,21-37H2,1-2H3/b7-5+,13-11+,14-12-,19-17+,20-18-/t38?,39-,42-,43+,44-,45-/m1/s1. The van der Waals surface area contributed by atoms with E-state index in [2.05, 4.69) is 74.6 Å². The summed E-state index contributed by atoms with van der Waals surface area (Å²) in [6.07, 6.45) is 35.1. The van der Waals surface area contributed by atoms with Crippen LogP contribution in [0.15, 0.2) is 60.8 Å². The van der Waals surface area contributed by atoms with Crippen LogP contribution in [0.2, 0.25) is 0 Å². The SMILES string of the molecule is CC/C=C/C/C=C/C/C=C/CCCCCCCC(=O)OCC(CO[C@@H]1O[C@H](CO)[C@@H](O)[C@H](O)[C@H]1O)OC(=O)CCCCCCC/C=C\C/C=C\CCCCC. The van der Waals surface area contributed by atoms with Gasteiger partial charge in [-0.2, -0.15) is 0 Å². The van der Waals surface area contributed by atoms with E-state index in [9.17, 15) is 30.0 Å². The molecule has 6 atom stereocenters. The Morgan fingerprint density at radius 1 is 0.582 bits per heavy atom. The molecule has 0 bridgehead atoms. The van der Waals surface area contributed by atoms with Crippen LogP contribution in [0.4, 0.5) is 0 Å². The predicted octanol–water partition coefficient (Wildman–Crippen LogP) is 8.66. The minimum atomic E-state index is -1.60. The average molecular weight is 777 g/mol. The molecule has 0 aromatic heterocycles. The second kappa shape index (κ2) is 35.8. The van der Waals surface area contributed by atoms with Crippen LogP contribution in [0.25, 0.3) is 0 Å². The highest BCUT2D eigenvalue weighted by molar-refractivity contribution is 5.70. The second-order valence-electron chi connectivity index (χ2n) is 14.4. The Labute approximate surface area is 332 Å². The topological polar surface area (TPSA) is 152 Å². The van der Waals surface area contributed by atoms with Crippen molar-refractivity contribution in [1.82, 2.24) is 0 Å². The Morgan fingerprint density at radius 3 is 1.62 bits per heavy atom. The molecule has 1 aliphatic heterocycles. The van der Waals surface area contributed by atoms with Crippen LogP contribution < -0.4 is 0 Å². The molecule has 0 aromatic rings. The first kappa shape index (κ1) is 50.4. The number of allylic oxidation sites excluding steroid dienone is 10. The molecule has 1 fully saturated rings. The first-order chi connectivity index (χ1) is 26.8. The van der Waals surface area contributed by atoms with Crippen LogP contribution in [0.3, 0.4) is 0 Å². The average Bonchev–Trinajstić information content (AvgIpc) is 3.18. The van der Waals surface area contributed by atoms with Gasteiger partial charge in [-0.05, 0) is 77.0 Å². The lowest BCUT2D eigenvalue weighted by Gasteiger charge is -2.39. The van der Waals surface area contributed by atoms with Crippen molar-refractivity contribution >= 4 is 11.9 Å². The monoisotopic (exact) mass is 777 g/mol. The number of carbonyl (C=O) groups is 2. The van der Waals surface area contributed by atoms with Crippen LogP contribution in [0.5, 0.6) is 0 Å². The molecule has 10 heteroatoms. The van der Waals surface area contributed by atoms with Crippen molar-refractivity contribution in [2.75, 3.05) is 19.8 Å². The smallest absolute Gasteiger partial charge is 0.306 e. The molecule has 0 spiro atoms. The second-order valence-corrected chi connectivity index (χ2v) is 14.4. The summed E-state index contributed by atoms with van der Waals surface area (Å²) in [5, 5.41) is 40.0. The number of carbonyl (C=O) groups excluding carboxylic acids is 2. The number of ether oxygens (including phenoxy) is 4. The normalized spacial score (nSPS) is 21.2. The predicted molar refractivity (Wildman–Crippen MR) is 219 cm³/mol. The largest absolute Gasteiger partial charge is 0.462 e. The van der Waals surface area contributed by atoms with Gasteiger partial charge in [0, 0.05) is 12.8 Å². The van der Waals surface area contributed by atoms with E-state index in [1.165, 1.54) is 19.3 Å². The summed E-state index contributed by atoms with van der Waals surface area (Å²) in [5.41, 5.74) is 0. The van der Waals surface area contributed by atoms with E-state index in [0.717, 1.165) is 96.3 Å². The van der Waals surface area contributed by atoms with Gasteiger partial charge in [0.05, 0.1) is 13.2 Å². The van der Waals surface area contributed by atoms with E-state index in [0.29, 0.717) is 12.8 Å². The molecule has 0 saturated carbocycles. The molecule has 0 aromatic carbocycles. The number of rotatable bonds is 34. The maximum Gasteiger partial charge on any atom is 0.306 e. The van der Waals surface area contributed by atoms with Crippen LogP contribution in [-0.4, -0.2) is 89.0 Å². The number of hydrogen-bond acceptors (Lipinski definition) is 10. The van der Waals surface area contributed by atoms with E-state index >= 15 is 0 Å². The van der Waals surface area contributed by atoms with Gasteiger partial charge in [-0.1, -0.05) is 126 Å². The number of aliphatic hydroxyl groups is 4. The van der Waals surface area contributed by atoms with Gasteiger partial charge >= 0.3 is 11.9 Å². The van der Waals surface area contributed by atoms with E-state index in [-0.39, 0.29) is 26.1 Å². The summed E-state index contributed by atoms with van der Waals surface area (Å²) in [7, 11) is 0. The third-order valence-electron chi connectivity index (χ3n) is 9.39. The van der Waals surface area contributed by atoms with Crippen molar-refractivity contribution in [2.24, 2.45) is 0 Å². The van der Waals surface area contributed by atoms with Crippen LogP contribution in [-0.2, 0) is 28.5 Å². The lowest BCUT2D eigenvalue weighted by molar-refractivity contribution is -0.305. The highest BCUT2D eigenvalue weighted by atomic mass is 16.7. The van der Waals surface area contributed by atoms with E-state index in [4.69, 9.17) is 18.9 Å². The van der Waals surface area contributed by atoms with Crippen LogP contribution in [0.1, 0.15) is 155 Å². The van der Waals surface area contributed by atoms with Crippen LogP contribution >= 0.6 is 0 Å². The zero-order chi connectivity index (χ0) is 40.2. The molecule has 1 heterocycles. The van der Waals surface area contributed by atoms with Crippen molar-refractivity contribution in [1.29, 1.82) is 0 Å². The van der Waals surface area contributed by atoms with Crippen molar-refractivity contribution < 1.29 is 49.0 Å². The fraction of sp³-hybridized carbons (Fsp3) is 0.733. The highest BCUT2D eigenvalue weighted by Crippen LogP contribution is 2.22. The summed E-state index contributed by atoms with van der Waals surface area (Å²) in [4.78, 5) is 25.3. The summed E-state index contributed by atoms with van der Waals surface area (Å²) in [5.74, 6) is -0.848. The van der Waals surface area contributed by atoms with E-state index in [1.807, 2.05) is 0 Å². The maximum atomic E-state index is 12.7. The molecule has 0 aliphatic carbocycles. The van der Waals surface area contributed by atoms with Gasteiger partial charge in [0.1, 0.15) is 31.0 Å². The minimum absolute atomic E-state index is 0.207. The Hall–Kier alpha value is -2.60.